The van der Waals surface area contributed by atoms with Crippen LogP contribution in [-0.2, 0) is 17.6 Å². The quantitative estimate of drug-likeness (QED) is 0.301. The number of nitrogens with zero attached hydrogens (tertiary/aromatic N) is 2. The molecule has 7 heteroatoms. The summed E-state index contributed by atoms with van der Waals surface area (Å²) in [6, 6.07) is 28.9. The van der Waals surface area contributed by atoms with Crippen molar-refractivity contribution in [3.8, 4) is 11.3 Å². The summed E-state index contributed by atoms with van der Waals surface area (Å²) in [5.41, 5.74) is 16.4. The molecule has 0 fully saturated rings. The lowest BCUT2D eigenvalue weighted by Crippen LogP contribution is -2.32. The summed E-state index contributed by atoms with van der Waals surface area (Å²) in [6.45, 7) is 0. The number of nitrogens with two attached hydrogens (primary N) is 2. The number of nitrogens with one attached hydrogen (secondary N) is 1. The number of carboxylic acids is 1. The van der Waals surface area contributed by atoms with Crippen LogP contribution in [0.3, 0.4) is 0 Å². The molecule has 0 bridgehead atoms. The molecule has 0 aliphatic carbocycles. The zero-order valence-corrected chi connectivity index (χ0v) is 18.6. The van der Waals surface area contributed by atoms with E-state index in [2.05, 4.69) is 39.6 Å². The molecule has 0 saturated carbocycles. The largest absolute Gasteiger partial charge is 0.480 e. The highest BCUT2D eigenvalue weighted by Crippen LogP contribution is 2.26. The Balaban J connectivity index is 1.58. The number of anilines is 2. The van der Waals surface area contributed by atoms with Gasteiger partial charge in [-0.05, 0) is 29.5 Å². The van der Waals surface area contributed by atoms with E-state index in [4.69, 9.17) is 16.6 Å². The van der Waals surface area contributed by atoms with E-state index in [1.807, 2.05) is 66.7 Å². The van der Waals surface area contributed by atoms with Gasteiger partial charge in [0.15, 0.2) is 0 Å². The van der Waals surface area contributed by atoms with E-state index in [-0.39, 0.29) is 18.4 Å². The minimum absolute atomic E-state index is 0.00867. The Labute approximate surface area is 198 Å². The van der Waals surface area contributed by atoms with Gasteiger partial charge in [0.05, 0.1) is 11.7 Å². The van der Waals surface area contributed by atoms with Crippen LogP contribution >= 0.6 is 0 Å². The van der Waals surface area contributed by atoms with Crippen molar-refractivity contribution in [1.29, 1.82) is 0 Å². The lowest BCUT2D eigenvalue weighted by Gasteiger charge is -2.21. The summed E-state index contributed by atoms with van der Waals surface area (Å²) in [6.07, 6.45) is 1.04. The SMILES string of the molecule is Nc1nc(NC(Cc2ccccc2)c2ccccc2)cc(-c2ccc(CC(N)C(=O)O)cc2)n1. The molecule has 1 aromatic heterocycles. The van der Waals surface area contributed by atoms with Gasteiger partial charge in [0, 0.05) is 11.6 Å². The fourth-order valence-corrected chi connectivity index (χ4v) is 3.81. The van der Waals surface area contributed by atoms with Crippen LogP contribution in [0.5, 0.6) is 0 Å². The minimum atomic E-state index is -1.02. The van der Waals surface area contributed by atoms with Crippen LogP contribution in [0.1, 0.15) is 22.7 Å². The number of aromatic nitrogens is 2. The lowest BCUT2D eigenvalue weighted by molar-refractivity contribution is -0.138. The van der Waals surface area contributed by atoms with Gasteiger partial charge in [-0.2, -0.15) is 4.98 Å². The van der Waals surface area contributed by atoms with Crippen LogP contribution in [0, 0.1) is 0 Å². The summed E-state index contributed by atoms with van der Waals surface area (Å²) in [4.78, 5) is 19.8. The highest BCUT2D eigenvalue weighted by atomic mass is 16.4. The third kappa shape index (κ3) is 5.96. The van der Waals surface area contributed by atoms with Gasteiger partial charge in [-0.25, -0.2) is 4.98 Å². The Hall–Kier alpha value is -4.23. The molecular weight excluding hydrogens is 426 g/mol. The number of benzene rings is 3. The van der Waals surface area contributed by atoms with Gasteiger partial charge >= 0.3 is 5.97 Å². The van der Waals surface area contributed by atoms with E-state index in [1.54, 1.807) is 0 Å². The number of nitrogen functional groups attached to an aromatic ring is 1. The van der Waals surface area contributed by atoms with Crippen molar-refractivity contribution < 1.29 is 9.90 Å². The van der Waals surface area contributed by atoms with Crippen molar-refractivity contribution in [3.63, 3.8) is 0 Å². The summed E-state index contributed by atoms with van der Waals surface area (Å²) in [5, 5.41) is 12.6. The minimum Gasteiger partial charge on any atom is -0.480 e. The Kier molecular flexibility index (Phi) is 7.15. The van der Waals surface area contributed by atoms with Gasteiger partial charge in [-0.3, -0.25) is 4.79 Å². The molecule has 6 N–H and O–H groups in total. The van der Waals surface area contributed by atoms with Crippen molar-refractivity contribution in [3.05, 3.63) is 108 Å². The van der Waals surface area contributed by atoms with Gasteiger partial charge in [0.1, 0.15) is 11.9 Å². The van der Waals surface area contributed by atoms with Gasteiger partial charge < -0.3 is 21.9 Å². The second-order valence-corrected chi connectivity index (χ2v) is 8.14. The average Bonchev–Trinajstić information content (AvgIpc) is 2.85. The fraction of sp³-hybridized carbons (Fsp3) is 0.148. The summed E-state index contributed by atoms with van der Waals surface area (Å²) < 4.78 is 0. The van der Waals surface area contributed by atoms with Crippen LogP contribution in [0.4, 0.5) is 11.8 Å². The summed E-state index contributed by atoms with van der Waals surface area (Å²) >= 11 is 0. The standard InChI is InChI=1S/C27H27N5O2/c28-22(26(33)34)15-19-11-13-21(14-12-19)24-17-25(32-27(29)31-24)30-23(20-9-5-2-6-10-20)16-18-7-3-1-4-8-18/h1-14,17,22-23H,15-16,28H2,(H,33,34)(H3,29,30,31,32). The Morgan fingerprint density at radius 1 is 0.853 bits per heavy atom. The van der Waals surface area contributed by atoms with Crippen molar-refractivity contribution >= 4 is 17.7 Å². The number of aliphatic carboxylic acids is 1. The molecule has 0 aliphatic heterocycles. The molecule has 2 atom stereocenters. The summed E-state index contributed by atoms with van der Waals surface area (Å²) in [7, 11) is 0. The van der Waals surface area contributed by atoms with Crippen LogP contribution in [0.2, 0.25) is 0 Å². The second-order valence-electron chi connectivity index (χ2n) is 8.14. The summed E-state index contributed by atoms with van der Waals surface area (Å²) in [5.74, 6) is -0.223. The molecule has 1 heterocycles. The van der Waals surface area contributed by atoms with E-state index in [9.17, 15) is 4.79 Å². The van der Waals surface area contributed by atoms with Crippen LogP contribution in [0.25, 0.3) is 11.3 Å². The zero-order chi connectivity index (χ0) is 23.9. The zero-order valence-electron chi connectivity index (χ0n) is 18.6. The average molecular weight is 454 g/mol. The highest BCUT2D eigenvalue weighted by molar-refractivity contribution is 5.73. The van der Waals surface area contributed by atoms with E-state index < -0.39 is 12.0 Å². The maximum atomic E-state index is 11.0. The predicted molar refractivity (Wildman–Crippen MR) is 134 cm³/mol. The first-order chi connectivity index (χ1) is 16.5. The molecule has 172 valence electrons. The molecule has 0 aliphatic rings. The number of hydrogen-bond acceptors (Lipinski definition) is 6. The normalized spacial score (nSPS) is 12.6. The highest BCUT2D eigenvalue weighted by Gasteiger charge is 2.15. The Bertz CT molecular complexity index is 1230. The monoisotopic (exact) mass is 453 g/mol. The molecule has 7 nitrogen and oxygen atoms in total. The number of hydrogen-bond donors (Lipinski definition) is 4. The first-order valence-corrected chi connectivity index (χ1v) is 11.1. The molecule has 0 amide bonds. The third-order valence-corrected chi connectivity index (χ3v) is 5.57. The smallest absolute Gasteiger partial charge is 0.320 e. The Morgan fingerprint density at radius 3 is 2.12 bits per heavy atom. The van der Waals surface area contributed by atoms with E-state index in [0.29, 0.717) is 11.5 Å². The van der Waals surface area contributed by atoms with Crippen molar-refractivity contribution in [2.24, 2.45) is 5.73 Å². The molecule has 0 spiro atoms. The number of rotatable bonds is 9. The molecule has 2 unspecified atom stereocenters. The van der Waals surface area contributed by atoms with Gasteiger partial charge in [-0.1, -0.05) is 84.9 Å². The first-order valence-electron chi connectivity index (χ1n) is 11.1. The van der Waals surface area contributed by atoms with Crippen LogP contribution in [-0.4, -0.2) is 27.1 Å². The van der Waals surface area contributed by atoms with Crippen LogP contribution in [0.15, 0.2) is 91.0 Å². The topological polar surface area (TPSA) is 127 Å². The first kappa shape index (κ1) is 22.9. The third-order valence-electron chi connectivity index (χ3n) is 5.57. The van der Waals surface area contributed by atoms with E-state index in [1.165, 1.54) is 5.56 Å². The maximum Gasteiger partial charge on any atom is 0.320 e. The maximum absolute atomic E-state index is 11.0. The lowest BCUT2D eigenvalue weighted by atomic mass is 9.99. The molecule has 0 radical (unpaired) electrons. The molecule has 3 aromatic carbocycles. The fourth-order valence-electron chi connectivity index (χ4n) is 3.81. The molecule has 0 saturated heterocycles. The molecule has 4 aromatic rings. The van der Waals surface area contributed by atoms with Gasteiger partial charge in [0.25, 0.3) is 0 Å². The van der Waals surface area contributed by atoms with Crippen molar-refractivity contribution in [2.75, 3.05) is 11.1 Å². The number of carbonyl (C=O) groups is 1. The van der Waals surface area contributed by atoms with E-state index in [0.717, 1.165) is 23.1 Å². The number of carboxylic acid groups (broad SMARTS) is 1. The van der Waals surface area contributed by atoms with E-state index >= 15 is 0 Å². The molecular formula is C27H27N5O2. The van der Waals surface area contributed by atoms with Crippen molar-refractivity contribution in [2.45, 2.75) is 24.9 Å². The molecule has 4 rings (SSSR count). The van der Waals surface area contributed by atoms with Crippen molar-refractivity contribution in [1.82, 2.24) is 9.97 Å². The predicted octanol–water partition coefficient (Wildman–Crippen LogP) is 4.08. The van der Waals surface area contributed by atoms with Gasteiger partial charge in [0.2, 0.25) is 5.95 Å². The van der Waals surface area contributed by atoms with Gasteiger partial charge in [-0.15, -0.1) is 0 Å². The second kappa shape index (κ2) is 10.6. The van der Waals surface area contributed by atoms with Crippen LogP contribution < -0.4 is 16.8 Å². The molecule has 34 heavy (non-hydrogen) atoms. The Morgan fingerprint density at radius 2 is 1.47 bits per heavy atom.